The van der Waals surface area contributed by atoms with Crippen LogP contribution in [0.15, 0.2) is 47.4 Å². The Bertz CT molecular complexity index is 745. The van der Waals surface area contributed by atoms with Gasteiger partial charge in [-0.25, -0.2) is 17.5 Å². The molecule has 21 heavy (non-hydrogen) atoms. The number of rotatable bonds is 4. The monoisotopic (exact) mass is 328 g/mol. The van der Waals surface area contributed by atoms with Gasteiger partial charge in [-0.1, -0.05) is 23.7 Å². The van der Waals surface area contributed by atoms with Crippen LogP contribution in [-0.2, 0) is 10.0 Å². The first-order chi connectivity index (χ1) is 9.78. The highest BCUT2D eigenvalue weighted by Crippen LogP contribution is 2.21. The number of nitrogen functional groups attached to an aromatic ring is 1. The van der Waals surface area contributed by atoms with Crippen molar-refractivity contribution >= 4 is 27.3 Å². The quantitative estimate of drug-likeness (QED) is 0.847. The molecule has 1 unspecified atom stereocenters. The van der Waals surface area contributed by atoms with Crippen LogP contribution >= 0.6 is 11.6 Å². The predicted molar refractivity (Wildman–Crippen MR) is 81.0 cm³/mol. The normalized spacial score (nSPS) is 13.1. The van der Waals surface area contributed by atoms with Crippen LogP contribution in [0.1, 0.15) is 18.5 Å². The van der Waals surface area contributed by atoms with Crippen molar-refractivity contribution in [3.8, 4) is 0 Å². The maximum Gasteiger partial charge on any atom is 0.241 e. The van der Waals surface area contributed by atoms with Crippen LogP contribution in [0.25, 0.3) is 0 Å². The van der Waals surface area contributed by atoms with E-state index in [1.807, 2.05) is 0 Å². The van der Waals surface area contributed by atoms with Gasteiger partial charge in [-0.15, -0.1) is 0 Å². The maximum atomic E-state index is 13.3. The van der Waals surface area contributed by atoms with E-state index in [-0.39, 0.29) is 10.6 Å². The third-order valence-electron chi connectivity index (χ3n) is 2.88. The fourth-order valence-electron chi connectivity index (χ4n) is 1.88. The second-order valence-electron chi connectivity index (χ2n) is 4.62. The molecule has 0 aliphatic heterocycles. The van der Waals surface area contributed by atoms with E-state index in [4.69, 9.17) is 17.3 Å². The molecule has 0 amide bonds. The fourth-order valence-corrected chi connectivity index (χ4v) is 3.38. The molecular formula is C14H14ClFN2O2S. The number of benzene rings is 2. The van der Waals surface area contributed by atoms with E-state index in [1.165, 1.54) is 6.07 Å². The Morgan fingerprint density at radius 1 is 1.24 bits per heavy atom. The molecule has 3 N–H and O–H groups in total. The van der Waals surface area contributed by atoms with E-state index in [0.29, 0.717) is 10.6 Å². The van der Waals surface area contributed by atoms with Crippen molar-refractivity contribution in [3.63, 3.8) is 0 Å². The summed E-state index contributed by atoms with van der Waals surface area (Å²) >= 11 is 5.88. The number of sulfonamides is 1. The largest absolute Gasteiger partial charge is 0.399 e. The molecule has 0 radical (unpaired) electrons. The second kappa shape index (κ2) is 6.01. The minimum Gasteiger partial charge on any atom is -0.399 e. The fraction of sp³-hybridized carbons (Fsp3) is 0.143. The first kappa shape index (κ1) is 15.8. The van der Waals surface area contributed by atoms with Crippen molar-refractivity contribution in [1.82, 2.24) is 4.72 Å². The van der Waals surface area contributed by atoms with Gasteiger partial charge in [0, 0.05) is 16.8 Å². The van der Waals surface area contributed by atoms with Gasteiger partial charge in [-0.05, 0) is 42.8 Å². The Kier molecular flexibility index (Phi) is 4.51. The Hall–Kier alpha value is -1.63. The summed E-state index contributed by atoms with van der Waals surface area (Å²) in [5.74, 6) is -0.703. The number of anilines is 1. The second-order valence-corrected chi connectivity index (χ2v) is 6.77. The van der Waals surface area contributed by atoms with Crippen LogP contribution in [0.5, 0.6) is 0 Å². The lowest BCUT2D eigenvalue weighted by atomic mass is 10.1. The molecule has 0 spiro atoms. The van der Waals surface area contributed by atoms with Crippen molar-refractivity contribution in [2.75, 3.05) is 5.73 Å². The molecule has 0 heterocycles. The molecule has 0 aliphatic rings. The van der Waals surface area contributed by atoms with Crippen LogP contribution in [0, 0.1) is 5.82 Å². The highest BCUT2D eigenvalue weighted by atomic mass is 35.5. The van der Waals surface area contributed by atoms with Crippen molar-refractivity contribution in [1.29, 1.82) is 0 Å². The van der Waals surface area contributed by atoms with Gasteiger partial charge in [0.05, 0.1) is 4.90 Å². The molecule has 4 nitrogen and oxygen atoms in total. The zero-order valence-electron chi connectivity index (χ0n) is 11.2. The summed E-state index contributed by atoms with van der Waals surface area (Å²) in [6.07, 6.45) is 0. The summed E-state index contributed by atoms with van der Waals surface area (Å²) in [5.41, 5.74) is 6.22. The van der Waals surface area contributed by atoms with Gasteiger partial charge in [0.15, 0.2) is 0 Å². The zero-order chi connectivity index (χ0) is 15.6. The summed E-state index contributed by atoms with van der Waals surface area (Å²) < 4.78 is 40.2. The third kappa shape index (κ3) is 3.93. The van der Waals surface area contributed by atoms with Gasteiger partial charge in [0.2, 0.25) is 10.0 Å². The summed E-state index contributed by atoms with van der Waals surface area (Å²) in [7, 11) is -3.88. The number of nitrogens with two attached hydrogens (primary N) is 1. The minimum absolute atomic E-state index is 0.0470. The van der Waals surface area contributed by atoms with Crippen molar-refractivity contribution in [2.24, 2.45) is 0 Å². The third-order valence-corrected chi connectivity index (χ3v) is 4.64. The molecule has 0 fully saturated rings. The molecule has 0 saturated carbocycles. The lowest BCUT2D eigenvalue weighted by molar-refractivity contribution is 0.564. The van der Waals surface area contributed by atoms with E-state index in [2.05, 4.69) is 4.72 Å². The number of hydrogen-bond acceptors (Lipinski definition) is 3. The van der Waals surface area contributed by atoms with Gasteiger partial charge < -0.3 is 5.73 Å². The van der Waals surface area contributed by atoms with Crippen LogP contribution in [0.3, 0.4) is 0 Å². The highest BCUT2D eigenvalue weighted by Gasteiger charge is 2.19. The lowest BCUT2D eigenvalue weighted by Gasteiger charge is -2.15. The average Bonchev–Trinajstić information content (AvgIpc) is 2.37. The first-order valence-electron chi connectivity index (χ1n) is 6.12. The molecule has 0 aromatic heterocycles. The molecule has 0 aliphatic carbocycles. The molecule has 2 aromatic rings. The standard InChI is InChI=1S/C14H14ClFN2O2S/c1-9(10-3-2-4-11(15)5-10)18-21(19,20)14-7-12(16)6-13(17)8-14/h2-9,18H,17H2,1H3. The van der Waals surface area contributed by atoms with E-state index < -0.39 is 21.9 Å². The number of halogens is 2. The summed E-state index contributed by atoms with van der Waals surface area (Å²) in [6.45, 7) is 1.67. The zero-order valence-corrected chi connectivity index (χ0v) is 12.7. The predicted octanol–water partition coefficient (Wildman–Crippen LogP) is 3.10. The average molecular weight is 329 g/mol. The lowest BCUT2D eigenvalue weighted by Crippen LogP contribution is -2.27. The molecule has 2 rings (SSSR count). The molecular weight excluding hydrogens is 315 g/mol. The van der Waals surface area contributed by atoms with Crippen LogP contribution in [0.2, 0.25) is 5.02 Å². The first-order valence-corrected chi connectivity index (χ1v) is 7.98. The molecule has 1 atom stereocenters. The molecule has 0 bridgehead atoms. The van der Waals surface area contributed by atoms with Crippen molar-refractivity contribution in [2.45, 2.75) is 17.9 Å². The Balaban J connectivity index is 2.28. The Morgan fingerprint density at radius 3 is 2.57 bits per heavy atom. The highest BCUT2D eigenvalue weighted by molar-refractivity contribution is 7.89. The van der Waals surface area contributed by atoms with E-state index in [9.17, 15) is 12.8 Å². The summed E-state index contributed by atoms with van der Waals surface area (Å²) in [4.78, 5) is -0.214. The van der Waals surface area contributed by atoms with Crippen molar-refractivity contribution in [3.05, 3.63) is 58.9 Å². The maximum absolute atomic E-state index is 13.3. The van der Waals surface area contributed by atoms with Gasteiger partial charge in [-0.2, -0.15) is 0 Å². The van der Waals surface area contributed by atoms with Crippen LogP contribution in [0.4, 0.5) is 10.1 Å². The van der Waals surface area contributed by atoms with Crippen LogP contribution in [-0.4, -0.2) is 8.42 Å². The van der Waals surface area contributed by atoms with Gasteiger partial charge in [0.1, 0.15) is 5.82 Å². The number of hydrogen-bond donors (Lipinski definition) is 2. The molecule has 7 heteroatoms. The SMILES string of the molecule is CC(NS(=O)(=O)c1cc(N)cc(F)c1)c1cccc(Cl)c1. The van der Waals surface area contributed by atoms with Gasteiger partial charge >= 0.3 is 0 Å². The smallest absolute Gasteiger partial charge is 0.241 e. The van der Waals surface area contributed by atoms with E-state index in [0.717, 1.165) is 12.1 Å². The van der Waals surface area contributed by atoms with Crippen molar-refractivity contribution < 1.29 is 12.8 Å². The Labute approximate surface area is 127 Å². The van der Waals surface area contributed by atoms with Gasteiger partial charge in [-0.3, -0.25) is 0 Å². The number of nitrogens with one attached hydrogen (secondary N) is 1. The molecule has 2 aromatic carbocycles. The minimum atomic E-state index is -3.88. The van der Waals surface area contributed by atoms with Gasteiger partial charge in [0.25, 0.3) is 0 Å². The molecule has 112 valence electrons. The molecule has 0 saturated heterocycles. The van der Waals surface area contributed by atoms with E-state index >= 15 is 0 Å². The summed E-state index contributed by atoms with van der Waals surface area (Å²) in [6, 6.07) is 9.49. The van der Waals surface area contributed by atoms with E-state index in [1.54, 1.807) is 31.2 Å². The Morgan fingerprint density at radius 2 is 1.95 bits per heavy atom. The van der Waals surface area contributed by atoms with Crippen LogP contribution < -0.4 is 10.5 Å². The topological polar surface area (TPSA) is 72.2 Å². The summed E-state index contributed by atoms with van der Waals surface area (Å²) in [5, 5.41) is 0.508.